The summed E-state index contributed by atoms with van der Waals surface area (Å²) in [6, 6.07) is 11.9. The lowest BCUT2D eigenvalue weighted by Gasteiger charge is -2.08. The SMILES string of the molecule is C=C(C)C=O.COCOc1ccc(-c2ccc(OP)cc2)c(F)c1. The van der Waals surface area contributed by atoms with Crippen molar-refractivity contribution >= 4 is 15.8 Å². The van der Waals surface area contributed by atoms with E-state index in [-0.39, 0.29) is 12.6 Å². The van der Waals surface area contributed by atoms with Crippen molar-refractivity contribution < 1.29 is 23.2 Å². The maximum atomic E-state index is 14.0. The fraction of sp³-hybridized carbons (Fsp3) is 0.167. The monoisotopic (exact) mass is 350 g/mol. The van der Waals surface area contributed by atoms with Gasteiger partial charge in [-0.25, -0.2) is 4.39 Å². The predicted octanol–water partition coefficient (Wildman–Crippen LogP) is 4.41. The summed E-state index contributed by atoms with van der Waals surface area (Å²) < 4.78 is 28.9. The van der Waals surface area contributed by atoms with Crippen LogP contribution in [0.25, 0.3) is 11.1 Å². The third-order valence-corrected chi connectivity index (χ3v) is 3.06. The highest BCUT2D eigenvalue weighted by Gasteiger charge is 2.07. The van der Waals surface area contributed by atoms with E-state index < -0.39 is 0 Å². The first kappa shape index (κ1) is 19.8. The minimum absolute atomic E-state index is 0.0962. The average molecular weight is 350 g/mol. The molecule has 24 heavy (non-hydrogen) atoms. The number of hydrogen-bond acceptors (Lipinski definition) is 4. The van der Waals surface area contributed by atoms with Crippen LogP contribution in [0, 0.1) is 5.82 Å². The second-order valence-corrected chi connectivity index (χ2v) is 5.03. The number of aldehydes is 1. The summed E-state index contributed by atoms with van der Waals surface area (Å²) in [6.45, 7) is 5.06. The Morgan fingerprint density at radius 3 is 2.25 bits per heavy atom. The highest BCUT2D eigenvalue weighted by Crippen LogP contribution is 2.28. The first-order valence-corrected chi connectivity index (χ1v) is 7.48. The van der Waals surface area contributed by atoms with Crippen molar-refractivity contribution in [3.05, 3.63) is 60.4 Å². The van der Waals surface area contributed by atoms with Gasteiger partial charge in [0.05, 0.1) is 9.47 Å². The summed E-state index contributed by atoms with van der Waals surface area (Å²) in [5.41, 5.74) is 1.87. The van der Waals surface area contributed by atoms with Gasteiger partial charge in [0.1, 0.15) is 23.6 Å². The highest BCUT2D eigenvalue weighted by atomic mass is 31.0. The molecule has 0 spiro atoms. The van der Waals surface area contributed by atoms with E-state index in [9.17, 15) is 9.18 Å². The third kappa shape index (κ3) is 6.49. The van der Waals surface area contributed by atoms with Gasteiger partial charge in [0.2, 0.25) is 0 Å². The molecule has 0 aliphatic rings. The van der Waals surface area contributed by atoms with Crippen LogP contribution in [0.5, 0.6) is 11.5 Å². The highest BCUT2D eigenvalue weighted by molar-refractivity contribution is 7.10. The lowest BCUT2D eigenvalue weighted by molar-refractivity contribution is -0.104. The number of methoxy groups -OCH3 is 1. The number of carbonyl (C=O) groups is 1. The number of allylic oxidation sites excluding steroid dienone is 1. The second kappa shape index (κ2) is 10.5. The summed E-state index contributed by atoms with van der Waals surface area (Å²) in [7, 11) is 3.68. The second-order valence-electron chi connectivity index (χ2n) is 4.80. The minimum atomic E-state index is -0.340. The van der Waals surface area contributed by atoms with Crippen LogP contribution in [0.4, 0.5) is 4.39 Å². The standard InChI is InChI=1S/C14H14FO3P.C4H6O/c1-16-9-17-12-6-7-13(14(15)8-12)10-2-4-11(18-19)5-3-10;1-4(2)3-5/h2-8H,9,19H2,1H3;3H,1H2,2H3. The van der Waals surface area contributed by atoms with Gasteiger partial charge >= 0.3 is 0 Å². The summed E-state index contributed by atoms with van der Waals surface area (Å²) in [5, 5.41) is 0. The van der Waals surface area contributed by atoms with Crippen molar-refractivity contribution in [1.82, 2.24) is 0 Å². The fourth-order valence-corrected chi connectivity index (χ4v) is 1.82. The van der Waals surface area contributed by atoms with Gasteiger partial charge in [0.25, 0.3) is 0 Å². The van der Waals surface area contributed by atoms with Gasteiger partial charge in [0.15, 0.2) is 6.79 Å². The number of benzene rings is 2. The molecule has 2 aromatic rings. The molecule has 0 heterocycles. The number of carbonyl (C=O) groups excluding carboxylic acids is 1. The molecule has 1 atom stereocenters. The molecule has 6 heteroatoms. The predicted molar refractivity (Wildman–Crippen MR) is 95.6 cm³/mol. The molecule has 2 rings (SSSR count). The molecule has 2 aromatic carbocycles. The van der Waals surface area contributed by atoms with Gasteiger partial charge in [0, 0.05) is 18.7 Å². The molecular formula is C18H20FO4P. The third-order valence-electron chi connectivity index (χ3n) is 2.79. The van der Waals surface area contributed by atoms with Gasteiger partial charge in [-0.1, -0.05) is 18.7 Å². The molecule has 0 aromatic heterocycles. The van der Waals surface area contributed by atoms with Crippen LogP contribution in [0.2, 0.25) is 0 Å². The molecule has 0 aliphatic heterocycles. The van der Waals surface area contributed by atoms with Gasteiger partial charge in [-0.15, -0.1) is 0 Å². The largest absolute Gasteiger partial charge is 0.480 e. The smallest absolute Gasteiger partial charge is 0.188 e. The van der Waals surface area contributed by atoms with Crippen LogP contribution in [-0.4, -0.2) is 20.2 Å². The first-order valence-electron chi connectivity index (χ1n) is 7.01. The van der Waals surface area contributed by atoms with Crippen molar-refractivity contribution in [2.75, 3.05) is 13.9 Å². The van der Waals surface area contributed by atoms with Crippen molar-refractivity contribution in [3.63, 3.8) is 0 Å². The van der Waals surface area contributed by atoms with Crippen LogP contribution < -0.4 is 9.26 Å². The van der Waals surface area contributed by atoms with E-state index in [2.05, 4.69) is 16.0 Å². The Morgan fingerprint density at radius 2 is 1.79 bits per heavy atom. The lowest BCUT2D eigenvalue weighted by atomic mass is 10.0. The topological polar surface area (TPSA) is 44.8 Å². The van der Waals surface area contributed by atoms with E-state index in [0.29, 0.717) is 22.6 Å². The Morgan fingerprint density at radius 1 is 1.21 bits per heavy atom. The Bertz CT molecular complexity index is 671. The van der Waals surface area contributed by atoms with Gasteiger partial charge in [-0.05, 0) is 42.3 Å². The molecule has 0 saturated heterocycles. The van der Waals surface area contributed by atoms with Crippen molar-refractivity contribution in [3.8, 4) is 22.6 Å². The molecule has 1 unspecified atom stereocenters. The molecule has 0 N–H and O–H groups in total. The first-order chi connectivity index (χ1) is 11.5. The van der Waals surface area contributed by atoms with Crippen LogP contribution in [-0.2, 0) is 9.53 Å². The molecule has 0 radical (unpaired) electrons. The zero-order chi connectivity index (χ0) is 17.9. The molecule has 0 amide bonds. The van der Waals surface area contributed by atoms with E-state index >= 15 is 0 Å². The molecule has 0 bridgehead atoms. The Balaban J connectivity index is 0.000000505. The summed E-state index contributed by atoms with van der Waals surface area (Å²) in [4.78, 5) is 9.41. The summed E-state index contributed by atoms with van der Waals surface area (Å²) >= 11 is 0. The van der Waals surface area contributed by atoms with Gasteiger partial charge < -0.3 is 14.0 Å². The van der Waals surface area contributed by atoms with E-state index in [1.165, 1.54) is 13.2 Å². The number of hydrogen-bond donors (Lipinski definition) is 0. The van der Waals surface area contributed by atoms with Gasteiger partial charge in [-0.2, -0.15) is 0 Å². The minimum Gasteiger partial charge on any atom is -0.480 e. The molecule has 128 valence electrons. The summed E-state index contributed by atoms with van der Waals surface area (Å²) in [6.07, 6.45) is 0.722. The number of rotatable bonds is 6. The van der Waals surface area contributed by atoms with Crippen molar-refractivity contribution in [2.24, 2.45) is 0 Å². The Kier molecular flexibility index (Phi) is 8.69. The van der Waals surface area contributed by atoms with Crippen molar-refractivity contribution in [2.45, 2.75) is 6.92 Å². The fourth-order valence-electron chi connectivity index (χ4n) is 1.66. The zero-order valence-corrected chi connectivity index (χ0v) is 14.8. The quantitative estimate of drug-likeness (QED) is 0.335. The van der Waals surface area contributed by atoms with E-state index in [1.54, 1.807) is 43.3 Å². The van der Waals surface area contributed by atoms with E-state index in [1.807, 2.05) is 0 Å². The molecule has 0 aliphatic carbocycles. The van der Waals surface area contributed by atoms with E-state index in [0.717, 1.165) is 11.8 Å². The van der Waals surface area contributed by atoms with E-state index in [4.69, 9.17) is 14.0 Å². The number of halogens is 1. The van der Waals surface area contributed by atoms with Crippen LogP contribution >= 0.6 is 9.47 Å². The maximum absolute atomic E-state index is 14.0. The molecule has 0 saturated carbocycles. The average Bonchev–Trinajstić information content (AvgIpc) is 2.60. The Labute approximate surface area is 143 Å². The maximum Gasteiger partial charge on any atom is 0.188 e. The number of ether oxygens (including phenoxy) is 2. The molecular weight excluding hydrogens is 330 g/mol. The van der Waals surface area contributed by atoms with Crippen LogP contribution in [0.15, 0.2) is 54.6 Å². The molecule has 0 fully saturated rings. The Hall–Kier alpha value is -2.23. The molecule has 4 nitrogen and oxygen atoms in total. The zero-order valence-electron chi connectivity index (χ0n) is 13.6. The van der Waals surface area contributed by atoms with Crippen LogP contribution in [0.3, 0.4) is 0 Å². The van der Waals surface area contributed by atoms with Crippen molar-refractivity contribution in [1.29, 1.82) is 0 Å². The lowest BCUT2D eigenvalue weighted by Crippen LogP contribution is -1.99. The normalized spacial score (nSPS) is 9.50. The van der Waals surface area contributed by atoms with Crippen LogP contribution in [0.1, 0.15) is 6.92 Å². The van der Waals surface area contributed by atoms with Gasteiger partial charge in [-0.3, -0.25) is 4.79 Å². The summed E-state index contributed by atoms with van der Waals surface area (Å²) in [5.74, 6) is 0.801.